The molecule has 124 valence electrons. The molecular formula is C17H23BrN4O. The van der Waals surface area contributed by atoms with E-state index in [1.165, 1.54) is 0 Å². The van der Waals surface area contributed by atoms with E-state index in [-0.39, 0.29) is 11.4 Å². The number of rotatable bonds is 6. The zero-order chi connectivity index (χ0) is 17.0. The number of nitrogens with zero attached hydrogens (tertiary/aromatic N) is 2. The molecule has 0 unspecified atom stereocenters. The van der Waals surface area contributed by atoms with Crippen LogP contribution >= 0.6 is 15.9 Å². The number of carbonyl (C=O) groups is 1. The lowest BCUT2D eigenvalue weighted by atomic mass is 9.92. The fourth-order valence-corrected chi connectivity index (χ4v) is 2.96. The van der Waals surface area contributed by atoms with Gasteiger partial charge in [-0.05, 0) is 38.0 Å². The van der Waals surface area contributed by atoms with Gasteiger partial charge in [-0.25, -0.2) is 4.68 Å². The third kappa shape index (κ3) is 3.64. The summed E-state index contributed by atoms with van der Waals surface area (Å²) in [4.78, 5) is 12.6. The Bertz CT molecular complexity index is 683. The summed E-state index contributed by atoms with van der Waals surface area (Å²) >= 11 is 3.45. The van der Waals surface area contributed by atoms with Gasteiger partial charge in [0.2, 0.25) is 0 Å². The van der Waals surface area contributed by atoms with Crippen LogP contribution < -0.4 is 11.1 Å². The van der Waals surface area contributed by atoms with Crippen molar-refractivity contribution in [2.75, 3.05) is 6.54 Å². The first-order valence-electron chi connectivity index (χ1n) is 7.79. The summed E-state index contributed by atoms with van der Waals surface area (Å²) in [7, 11) is 0. The van der Waals surface area contributed by atoms with Crippen LogP contribution in [0.5, 0.6) is 0 Å². The molecule has 0 saturated heterocycles. The maximum Gasteiger partial charge on any atom is 0.255 e. The third-order valence-corrected chi connectivity index (χ3v) is 4.92. The molecule has 0 fully saturated rings. The highest BCUT2D eigenvalue weighted by atomic mass is 79.9. The third-order valence-electron chi connectivity index (χ3n) is 4.43. The summed E-state index contributed by atoms with van der Waals surface area (Å²) in [5.74, 6) is -0.127. The smallest absolute Gasteiger partial charge is 0.255 e. The highest BCUT2D eigenvalue weighted by molar-refractivity contribution is 9.10. The number of carbonyl (C=O) groups excluding carboxylic acids is 1. The maximum atomic E-state index is 12.6. The number of hydrogen-bond donors (Lipinski definition) is 2. The number of halogens is 1. The van der Waals surface area contributed by atoms with Crippen LogP contribution in [0.25, 0.3) is 5.69 Å². The molecule has 1 heterocycles. The highest BCUT2D eigenvalue weighted by Crippen LogP contribution is 2.20. The monoisotopic (exact) mass is 378 g/mol. The Morgan fingerprint density at radius 2 is 2.09 bits per heavy atom. The minimum atomic E-state index is -0.360. The predicted octanol–water partition coefficient (Wildman–Crippen LogP) is 3.19. The minimum Gasteiger partial charge on any atom is -0.345 e. The van der Waals surface area contributed by atoms with Crippen molar-refractivity contribution in [3.63, 3.8) is 0 Å². The van der Waals surface area contributed by atoms with Crippen LogP contribution in [-0.4, -0.2) is 27.8 Å². The molecule has 6 heteroatoms. The lowest BCUT2D eigenvalue weighted by molar-refractivity contribution is 0.0894. The van der Waals surface area contributed by atoms with Gasteiger partial charge in [-0.2, -0.15) is 5.10 Å². The van der Waals surface area contributed by atoms with Gasteiger partial charge in [0.05, 0.1) is 28.7 Å². The normalized spacial score (nSPS) is 11.5. The summed E-state index contributed by atoms with van der Waals surface area (Å²) in [6.45, 7) is 6.39. The predicted molar refractivity (Wildman–Crippen MR) is 95.8 cm³/mol. The van der Waals surface area contributed by atoms with Crippen LogP contribution in [0.4, 0.5) is 0 Å². The summed E-state index contributed by atoms with van der Waals surface area (Å²) in [6.07, 6.45) is 3.20. The molecule has 0 aliphatic heterocycles. The van der Waals surface area contributed by atoms with Crippen molar-refractivity contribution in [2.45, 2.75) is 39.2 Å². The van der Waals surface area contributed by atoms with E-state index in [1.807, 2.05) is 45.0 Å². The second kappa shape index (κ2) is 7.27. The Morgan fingerprint density at radius 1 is 1.39 bits per heavy atom. The van der Waals surface area contributed by atoms with E-state index in [9.17, 15) is 4.79 Å². The van der Waals surface area contributed by atoms with Crippen LogP contribution in [-0.2, 0) is 0 Å². The zero-order valence-corrected chi connectivity index (χ0v) is 15.4. The summed E-state index contributed by atoms with van der Waals surface area (Å²) in [5, 5.41) is 7.45. The number of hydrogen-bond acceptors (Lipinski definition) is 3. The molecule has 2 aromatic rings. The summed E-state index contributed by atoms with van der Waals surface area (Å²) in [5.41, 5.74) is 7.79. The second-order valence-electron chi connectivity index (χ2n) is 5.68. The molecule has 1 aromatic carbocycles. The van der Waals surface area contributed by atoms with E-state index in [0.717, 1.165) is 28.7 Å². The molecule has 2 rings (SSSR count). The van der Waals surface area contributed by atoms with E-state index in [4.69, 9.17) is 5.73 Å². The van der Waals surface area contributed by atoms with Crippen molar-refractivity contribution < 1.29 is 4.79 Å². The van der Waals surface area contributed by atoms with Crippen LogP contribution in [0.1, 0.15) is 42.7 Å². The first kappa shape index (κ1) is 17.7. The van der Waals surface area contributed by atoms with Gasteiger partial charge in [-0.15, -0.1) is 0 Å². The van der Waals surface area contributed by atoms with E-state index in [2.05, 4.69) is 26.3 Å². The molecule has 1 amide bonds. The van der Waals surface area contributed by atoms with Gasteiger partial charge in [0.15, 0.2) is 0 Å². The van der Waals surface area contributed by atoms with Crippen molar-refractivity contribution in [1.82, 2.24) is 15.1 Å². The first-order chi connectivity index (χ1) is 11.0. The average Bonchev–Trinajstić information content (AvgIpc) is 2.94. The highest BCUT2D eigenvalue weighted by Gasteiger charge is 2.28. The molecule has 0 aliphatic rings. The van der Waals surface area contributed by atoms with Crippen LogP contribution in [0.3, 0.4) is 0 Å². The Balaban J connectivity index is 2.30. The number of amides is 1. The average molecular weight is 379 g/mol. The van der Waals surface area contributed by atoms with Gasteiger partial charge in [0.25, 0.3) is 5.91 Å². The van der Waals surface area contributed by atoms with Crippen molar-refractivity contribution in [3.05, 3.63) is 46.2 Å². The Morgan fingerprint density at radius 3 is 2.65 bits per heavy atom. The van der Waals surface area contributed by atoms with Crippen molar-refractivity contribution >= 4 is 21.8 Å². The zero-order valence-electron chi connectivity index (χ0n) is 13.8. The number of aromatic nitrogens is 2. The van der Waals surface area contributed by atoms with Gasteiger partial charge in [0.1, 0.15) is 0 Å². The molecule has 5 nitrogen and oxygen atoms in total. The summed E-state index contributed by atoms with van der Waals surface area (Å²) < 4.78 is 2.73. The van der Waals surface area contributed by atoms with E-state index >= 15 is 0 Å². The molecule has 0 saturated carbocycles. The lowest BCUT2D eigenvalue weighted by Gasteiger charge is -2.31. The molecule has 0 bridgehead atoms. The Kier molecular flexibility index (Phi) is 5.59. The Labute approximate surface area is 145 Å². The molecule has 0 radical (unpaired) electrons. The molecule has 0 aliphatic carbocycles. The molecule has 0 atom stereocenters. The molecule has 1 aromatic heterocycles. The molecule has 3 N–H and O–H groups in total. The number of nitrogens with two attached hydrogens (primary N) is 1. The quantitative estimate of drug-likeness (QED) is 0.810. The first-order valence-corrected chi connectivity index (χ1v) is 8.58. The van der Waals surface area contributed by atoms with Gasteiger partial charge in [-0.1, -0.05) is 35.8 Å². The van der Waals surface area contributed by atoms with Crippen LogP contribution in [0.2, 0.25) is 0 Å². The molecule has 0 spiro atoms. The lowest BCUT2D eigenvalue weighted by Crippen LogP contribution is -2.52. The van der Waals surface area contributed by atoms with E-state index in [0.29, 0.717) is 12.1 Å². The SMILES string of the molecule is CCC(CC)(CN)NC(=O)c1cnn(-c2cccc(Br)c2)c1C. The number of nitrogens with one attached hydrogen (secondary N) is 1. The van der Waals surface area contributed by atoms with Gasteiger partial charge in [0, 0.05) is 11.0 Å². The number of benzene rings is 1. The molecule has 23 heavy (non-hydrogen) atoms. The maximum absolute atomic E-state index is 12.6. The Hall–Kier alpha value is -1.66. The van der Waals surface area contributed by atoms with Crippen LogP contribution in [0, 0.1) is 6.92 Å². The molecular weight excluding hydrogens is 356 g/mol. The fraction of sp³-hybridized carbons (Fsp3) is 0.412. The van der Waals surface area contributed by atoms with E-state index in [1.54, 1.807) is 10.9 Å². The van der Waals surface area contributed by atoms with Gasteiger partial charge >= 0.3 is 0 Å². The second-order valence-corrected chi connectivity index (χ2v) is 6.60. The topological polar surface area (TPSA) is 72.9 Å². The van der Waals surface area contributed by atoms with Crippen LogP contribution in [0.15, 0.2) is 34.9 Å². The summed E-state index contributed by atoms with van der Waals surface area (Å²) in [6, 6.07) is 7.81. The van der Waals surface area contributed by atoms with Crippen molar-refractivity contribution in [2.24, 2.45) is 5.73 Å². The fourth-order valence-electron chi connectivity index (χ4n) is 2.58. The van der Waals surface area contributed by atoms with Gasteiger partial charge in [-0.3, -0.25) is 4.79 Å². The van der Waals surface area contributed by atoms with Crippen molar-refractivity contribution in [1.29, 1.82) is 0 Å². The minimum absolute atomic E-state index is 0.127. The van der Waals surface area contributed by atoms with E-state index < -0.39 is 0 Å². The standard InChI is InChI=1S/C17H23BrN4O/c1-4-17(5-2,11-19)21-16(23)15-10-20-22(12(15)3)14-8-6-7-13(18)9-14/h6-10H,4-5,11,19H2,1-3H3,(H,21,23). The largest absolute Gasteiger partial charge is 0.345 e. The van der Waals surface area contributed by atoms with Gasteiger partial charge < -0.3 is 11.1 Å². The van der Waals surface area contributed by atoms with Crippen molar-refractivity contribution in [3.8, 4) is 5.69 Å².